The minimum atomic E-state index is -1.07. The van der Waals surface area contributed by atoms with Crippen LogP contribution in [-0.4, -0.2) is 46.8 Å². The molecule has 0 spiro atoms. The van der Waals surface area contributed by atoms with Crippen LogP contribution in [0, 0.1) is 0 Å². The highest BCUT2D eigenvalue weighted by molar-refractivity contribution is 6.25. The molecule has 1 unspecified atom stereocenters. The van der Waals surface area contributed by atoms with E-state index in [-0.39, 0.29) is 35.5 Å². The quantitative estimate of drug-likeness (QED) is 0.732. The number of phenols is 1. The Morgan fingerprint density at radius 2 is 1.86 bits per heavy atom. The van der Waals surface area contributed by atoms with Crippen molar-refractivity contribution in [3.63, 3.8) is 0 Å². The molecule has 1 atom stereocenters. The Kier molecular flexibility index (Phi) is 3.09. The van der Waals surface area contributed by atoms with Crippen LogP contribution in [0.15, 0.2) is 12.1 Å². The average molecular weight is 304 g/mol. The highest BCUT2D eigenvalue weighted by atomic mass is 16.5. The first kappa shape index (κ1) is 14.1. The van der Waals surface area contributed by atoms with E-state index in [0.717, 1.165) is 4.90 Å². The van der Waals surface area contributed by atoms with Gasteiger partial charge < -0.3 is 9.84 Å². The lowest BCUT2D eigenvalue weighted by Gasteiger charge is -2.27. The highest BCUT2D eigenvalue weighted by Gasteiger charge is 2.47. The third kappa shape index (κ3) is 1.84. The molecule has 8 heteroatoms. The second-order valence-electron chi connectivity index (χ2n) is 4.98. The Balaban J connectivity index is 2.05. The number of nitrogens with zero attached hydrogens (tertiary/aromatic N) is 1. The molecule has 1 aromatic carbocycles. The summed E-state index contributed by atoms with van der Waals surface area (Å²) in [5, 5.41) is 12.0. The number of amides is 4. The predicted octanol–water partition coefficient (Wildman–Crippen LogP) is -0.198. The monoisotopic (exact) mass is 304 g/mol. The summed E-state index contributed by atoms with van der Waals surface area (Å²) in [5.74, 6) is -2.86. The molecule has 0 aliphatic carbocycles. The van der Waals surface area contributed by atoms with E-state index in [2.05, 4.69) is 5.32 Å². The first-order valence-electron chi connectivity index (χ1n) is 6.57. The molecule has 2 aliphatic rings. The fourth-order valence-electron chi connectivity index (χ4n) is 2.72. The Morgan fingerprint density at radius 1 is 1.18 bits per heavy atom. The maximum Gasteiger partial charge on any atom is 0.266 e. The number of fused-ring (bicyclic) bond motifs is 1. The van der Waals surface area contributed by atoms with Crippen molar-refractivity contribution < 1.29 is 29.0 Å². The summed E-state index contributed by atoms with van der Waals surface area (Å²) in [5.41, 5.74) is -0.258. The molecule has 0 saturated carbocycles. The number of hydrogen-bond donors (Lipinski definition) is 2. The standard InChI is InChI=1S/C14H12N2O6/c1-22-8-4-3-7(17)10-11(8)14(21)16(13(10)20)6-2-5-9(18)15-12(6)19/h3-4,6,17H,2,5H2,1H3,(H,15,18,19). The lowest BCUT2D eigenvalue weighted by Crippen LogP contribution is -2.54. The molecule has 2 N–H and O–H groups in total. The number of piperidine rings is 1. The first-order valence-corrected chi connectivity index (χ1v) is 6.57. The third-order valence-electron chi connectivity index (χ3n) is 3.75. The molecule has 1 aromatic rings. The smallest absolute Gasteiger partial charge is 0.266 e. The molecule has 114 valence electrons. The van der Waals surface area contributed by atoms with Gasteiger partial charge in [0.1, 0.15) is 17.5 Å². The molecule has 3 rings (SSSR count). The van der Waals surface area contributed by atoms with Gasteiger partial charge in [-0.25, -0.2) is 0 Å². The number of carbonyl (C=O) groups is 4. The van der Waals surface area contributed by atoms with Gasteiger partial charge >= 0.3 is 0 Å². The summed E-state index contributed by atoms with van der Waals surface area (Å²) in [6.45, 7) is 0. The Labute approximate surface area is 124 Å². The van der Waals surface area contributed by atoms with Crippen LogP contribution in [0.3, 0.4) is 0 Å². The Morgan fingerprint density at radius 3 is 2.50 bits per heavy atom. The van der Waals surface area contributed by atoms with Gasteiger partial charge in [-0.1, -0.05) is 0 Å². The summed E-state index contributed by atoms with van der Waals surface area (Å²) in [6.07, 6.45) is 0.0894. The van der Waals surface area contributed by atoms with Crippen molar-refractivity contribution in [2.75, 3.05) is 7.11 Å². The number of benzene rings is 1. The van der Waals surface area contributed by atoms with E-state index in [4.69, 9.17) is 4.74 Å². The largest absolute Gasteiger partial charge is 0.507 e. The van der Waals surface area contributed by atoms with Gasteiger partial charge in [-0.05, 0) is 18.6 Å². The number of carbonyl (C=O) groups excluding carboxylic acids is 4. The van der Waals surface area contributed by atoms with Crippen LogP contribution in [0.2, 0.25) is 0 Å². The van der Waals surface area contributed by atoms with Crippen LogP contribution in [0.1, 0.15) is 33.6 Å². The molecular weight excluding hydrogens is 292 g/mol. The molecule has 8 nitrogen and oxygen atoms in total. The van der Waals surface area contributed by atoms with Crippen LogP contribution in [0.25, 0.3) is 0 Å². The van der Waals surface area contributed by atoms with Crippen molar-refractivity contribution >= 4 is 23.6 Å². The van der Waals surface area contributed by atoms with E-state index in [1.807, 2.05) is 0 Å². The topological polar surface area (TPSA) is 113 Å². The second-order valence-corrected chi connectivity index (χ2v) is 4.98. The van der Waals surface area contributed by atoms with E-state index in [1.54, 1.807) is 0 Å². The van der Waals surface area contributed by atoms with Crippen LogP contribution >= 0.6 is 0 Å². The Bertz CT molecular complexity index is 726. The van der Waals surface area contributed by atoms with E-state index >= 15 is 0 Å². The minimum Gasteiger partial charge on any atom is -0.507 e. The third-order valence-corrected chi connectivity index (χ3v) is 3.75. The van der Waals surface area contributed by atoms with Gasteiger partial charge in [-0.15, -0.1) is 0 Å². The van der Waals surface area contributed by atoms with Gasteiger partial charge in [0.2, 0.25) is 11.8 Å². The lowest BCUT2D eigenvalue weighted by atomic mass is 10.0. The van der Waals surface area contributed by atoms with Gasteiger partial charge in [0.05, 0.1) is 18.2 Å². The van der Waals surface area contributed by atoms with Gasteiger partial charge in [-0.2, -0.15) is 0 Å². The van der Waals surface area contributed by atoms with Gasteiger partial charge in [-0.3, -0.25) is 29.4 Å². The van der Waals surface area contributed by atoms with Crippen molar-refractivity contribution in [2.24, 2.45) is 0 Å². The second kappa shape index (κ2) is 4.83. The molecule has 1 saturated heterocycles. The van der Waals surface area contributed by atoms with Gasteiger partial charge in [0.15, 0.2) is 0 Å². The molecule has 22 heavy (non-hydrogen) atoms. The fraction of sp³-hybridized carbons (Fsp3) is 0.286. The number of aromatic hydroxyl groups is 1. The summed E-state index contributed by atoms with van der Waals surface area (Å²) in [7, 11) is 1.33. The summed E-state index contributed by atoms with van der Waals surface area (Å²) in [4.78, 5) is 48.8. The van der Waals surface area contributed by atoms with Crippen molar-refractivity contribution in [3.8, 4) is 11.5 Å². The highest BCUT2D eigenvalue weighted by Crippen LogP contribution is 2.38. The molecular formula is C14H12N2O6. The van der Waals surface area contributed by atoms with Gasteiger partial charge in [0, 0.05) is 6.42 Å². The fourth-order valence-corrected chi connectivity index (χ4v) is 2.72. The van der Waals surface area contributed by atoms with Crippen LogP contribution in [0.4, 0.5) is 0 Å². The zero-order valence-electron chi connectivity index (χ0n) is 11.6. The molecule has 4 amide bonds. The van der Waals surface area contributed by atoms with E-state index in [1.165, 1.54) is 19.2 Å². The maximum atomic E-state index is 12.5. The van der Waals surface area contributed by atoms with E-state index in [0.29, 0.717) is 0 Å². The molecule has 0 radical (unpaired) electrons. The first-order chi connectivity index (χ1) is 10.5. The molecule has 0 bridgehead atoms. The summed E-state index contributed by atoms with van der Waals surface area (Å²) < 4.78 is 5.04. The zero-order chi connectivity index (χ0) is 16.0. The van der Waals surface area contributed by atoms with E-state index < -0.39 is 29.7 Å². The van der Waals surface area contributed by atoms with Crippen molar-refractivity contribution in [1.82, 2.24) is 10.2 Å². The maximum absolute atomic E-state index is 12.5. The van der Waals surface area contributed by atoms with Gasteiger partial charge in [0.25, 0.3) is 11.8 Å². The average Bonchev–Trinajstić information content (AvgIpc) is 2.73. The molecule has 1 fully saturated rings. The van der Waals surface area contributed by atoms with E-state index in [9.17, 15) is 24.3 Å². The van der Waals surface area contributed by atoms with Crippen molar-refractivity contribution in [2.45, 2.75) is 18.9 Å². The number of ether oxygens (including phenoxy) is 1. The molecule has 2 aliphatic heterocycles. The predicted molar refractivity (Wildman–Crippen MR) is 71.3 cm³/mol. The SMILES string of the molecule is COc1ccc(O)c2c1C(=O)N(C1CCC(=O)NC1=O)C2=O. The number of nitrogens with one attached hydrogen (secondary N) is 1. The number of hydrogen-bond acceptors (Lipinski definition) is 6. The van der Waals surface area contributed by atoms with Crippen LogP contribution in [0.5, 0.6) is 11.5 Å². The summed E-state index contributed by atoms with van der Waals surface area (Å²) >= 11 is 0. The summed E-state index contributed by atoms with van der Waals surface area (Å²) in [6, 6.07) is 1.54. The number of imide groups is 2. The lowest BCUT2D eigenvalue weighted by molar-refractivity contribution is -0.136. The molecule has 0 aromatic heterocycles. The minimum absolute atomic E-state index is 0.0347. The number of rotatable bonds is 2. The van der Waals surface area contributed by atoms with Crippen molar-refractivity contribution in [3.05, 3.63) is 23.3 Å². The van der Waals surface area contributed by atoms with Crippen molar-refractivity contribution in [1.29, 1.82) is 0 Å². The van der Waals surface area contributed by atoms with Crippen LogP contribution in [-0.2, 0) is 9.59 Å². The number of methoxy groups -OCH3 is 1. The normalized spacial score (nSPS) is 21.0. The van der Waals surface area contributed by atoms with Crippen LogP contribution < -0.4 is 10.1 Å². The molecule has 2 heterocycles. The number of phenolic OH excluding ortho intramolecular Hbond substituents is 1. The Hall–Kier alpha value is -2.90. The zero-order valence-corrected chi connectivity index (χ0v) is 11.6.